The van der Waals surface area contributed by atoms with Crippen molar-refractivity contribution in [3.63, 3.8) is 0 Å². The smallest absolute Gasteiger partial charge is 0.410 e. The standard InChI is InChI=1S/C27H33F3N2O3S/c1-27(2,3)36(34)31-25(14-18-13-23(29)24(30)15-22(18)28)19-11-20-9-10-21(12-19)32(20)26(33)35-16-17-7-5-4-6-8-17/h4-8,13,15,19-21,25,31H,9-12,14,16H2,1-3H3/t19-,20-,21+,25-,36?/m1/s1. The van der Waals surface area contributed by atoms with Crippen LogP contribution in [0.5, 0.6) is 0 Å². The summed E-state index contributed by atoms with van der Waals surface area (Å²) in [5.41, 5.74) is 0.949. The van der Waals surface area contributed by atoms with Crippen molar-refractivity contribution in [1.29, 1.82) is 0 Å². The van der Waals surface area contributed by atoms with Crippen LogP contribution in [0.4, 0.5) is 18.0 Å². The van der Waals surface area contributed by atoms with Gasteiger partial charge in [-0.3, -0.25) is 0 Å². The van der Waals surface area contributed by atoms with Crippen molar-refractivity contribution in [1.82, 2.24) is 9.62 Å². The van der Waals surface area contributed by atoms with Crippen molar-refractivity contribution in [2.75, 3.05) is 0 Å². The first kappa shape index (κ1) is 26.8. The van der Waals surface area contributed by atoms with Crippen LogP contribution in [0.1, 0.15) is 57.6 Å². The van der Waals surface area contributed by atoms with Crippen LogP contribution in [0.2, 0.25) is 0 Å². The first-order valence-corrected chi connectivity index (χ1v) is 13.5. The van der Waals surface area contributed by atoms with E-state index in [1.165, 1.54) is 0 Å². The fourth-order valence-electron chi connectivity index (χ4n) is 5.22. The highest BCUT2D eigenvalue weighted by molar-refractivity contribution is 7.90. The summed E-state index contributed by atoms with van der Waals surface area (Å²) in [5, 5.41) is 0. The zero-order valence-corrected chi connectivity index (χ0v) is 21.6. The van der Waals surface area contributed by atoms with Crippen LogP contribution in [-0.2, 0) is 29.1 Å². The lowest BCUT2D eigenvalue weighted by Gasteiger charge is -2.41. The Balaban J connectivity index is 1.48. The van der Waals surface area contributed by atoms with Gasteiger partial charge in [0.05, 0.1) is 6.04 Å². The molecule has 2 heterocycles. The summed E-state index contributed by atoms with van der Waals surface area (Å²) in [6, 6.07) is 10.4. The van der Waals surface area contributed by atoms with E-state index in [1.54, 1.807) is 0 Å². The van der Waals surface area contributed by atoms with Crippen molar-refractivity contribution in [3.05, 3.63) is 71.0 Å². The minimum Gasteiger partial charge on any atom is -0.598 e. The van der Waals surface area contributed by atoms with E-state index in [4.69, 9.17) is 4.74 Å². The third-order valence-electron chi connectivity index (χ3n) is 7.10. The Hall–Kier alpha value is -2.23. The zero-order valence-electron chi connectivity index (χ0n) is 20.8. The highest BCUT2D eigenvalue weighted by Crippen LogP contribution is 2.41. The molecular formula is C27H33F3N2O3S. The molecule has 2 aromatic rings. The van der Waals surface area contributed by atoms with E-state index in [2.05, 4.69) is 4.72 Å². The Morgan fingerprint density at radius 3 is 2.31 bits per heavy atom. The number of carbonyl (C=O) groups excluding carboxylic acids is 1. The van der Waals surface area contributed by atoms with Crippen molar-refractivity contribution in [3.8, 4) is 0 Å². The van der Waals surface area contributed by atoms with Crippen LogP contribution >= 0.6 is 0 Å². The summed E-state index contributed by atoms with van der Waals surface area (Å²) in [6.07, 6.45) is 2.63. The second-order valence-corrected chi connectivity index (χ2v) is 12.7. The lowest BCUT2D eigenvalue weighted by atomic mass is 9.83. The van der Waals surface area contributed by atoms with Crippen molar-refractivity contribution >= 4 is 17.5 Å². The number of carbonyl (C=O) groups is 1. The molecule has 0 saturated carbocycles. The largest absolute Gasteiger partial charge is 0.598 e. The van der Waals surface area contributed by atoms with Gasteiger partial charge < -0.3 is 14.2 Å². The van der Waals surface area contributed by atoms with E-state index in [-0.39, 0.29) is 42.7 Å². The molecule has 36 heavy (non-hydrogen) atoms. The van der Waals surface area contributed by atoms with Gasteiger partial charge in [-0.2, -0.15) is 0 Å². The molecule has 2 fully saturated rings. The fraction of sp³-hybridized carbons (Fsp3) is 0.519. The summed E-state index contributed by atoms with van der Waals surface area (Å²) in [5.74, 6) is -3.20. The normalized spacial score (nSPS) is 23.4. The average Bonchev–Trinajstić information content (AvgIpc) is 3.09. The summed E-state index contributed by atoms with van der Waals surface area (Å²) in [7, 11) is 0. The first-order chi connectivity index (χ1) is 17.0. The van der Waals surface area contributed by atoms with Crippen LogP contribution in [0, 0.1) is 23.4 Å². The molecule has 0 aliphatic carbocycles. The van der Waals surface area contributed by atoms with Crippen LogP contribution in [0.3, 0.4) is 0 Å². The molecule has 5 nitrogen and oxygen atoms in total. The summed E-state index contributed by atoms with van der Waals surface area (Å²) in [6.45, 7) is 5.70. The number of hydrogen-bond donors (Lipinski definition) is 1. The van der Waals surface area contributed by atoms with E-state index >= 15 is 0 Å². The number of halogens is 3. The minimum atomic E-state index is -1.45. The van der Waals surface area contributed by atoms with Gasteiger partial charge >= 0.3 is 6.09 Å². The van der Waals surface area contributed by atoms with Crippen molar-refractivity contribution in [2.24, 2.45) is 5.92 Å². The summed E-state index contributed by atoms with van der Waals surface area (Å²) >= 11 is -1.45. The Morgan fingerprint density at radius 1 is 1.08 bits per heavy atom. The molecule has 1 N–H and O–H groups in total. The van der Waals surface area contributed by atoms with E-state index in [9.17, 15) is 22.5 Å². The van der Waals surface area contributed by atoms with Crippen LogP contribution in [-0.4, -0.2) is 38.4 Å². The zero-order chi connectivity index (χ0) is 26.0. The quantitative estimate of drug-likeness (QED) is 0.377. The second-order valence-electron chi connectivity index (χ2n) is 10.7. The molecule has 2 aliphatic rings. The van der Waals surface area contributed by atoms with Gasteiger partial charge in [0.25, 0.3) is 0 Å². The number of amides is 1. The third-order valence-corrected chi connectivity index (χ3v) is 8.73. The molecule has 2 bridgehead atoms. The van der Waals surface area contributed by atoms with Gasteiger partial charge in [0, 0.05) is 29.5 Å². The molecule has 1 unspecified atom stereocenters. The van der Waals surface area contributed by atoms with E-state index in [0.717, 1.165) is 24.5 Å². The Kier molecular flexibility index (Phi) is 8.22. The van der Waals surface area contributed by atoms with Gasteiger partial charge in [0.2, 0.25) is 0 Å². The van der Waals surface area contributed by atoms with E-state index in [0.29, 0.717) is 18.9 Å². The number of ether oxygens (including phenoxy) is 1. The van der Waals surface area contributed by atoms with Crippen molar-refractivity contribution in [2.45, 2.75) is 82.4 Å². The van der Waals surface area contributed by atoms with Crippen LogP contribution in [0.25, 0.3) is 0 Å². The molecule has 2 aromatic carbocycles. The minimum absolute atomic E-state index is 0.0283. The number of piperidine rings is 1. The van der Waals surface area contributed by atoms with Gasteiger partial charge in [-0.15, -0.1) is 4.72 Å². The molecule has 4 rings (SSSR count). The number of rotatable bonds is 7. The predicted molar refractivity (Wildman–Crippen MR) is 133 cm³/mol. The molecule has 0 aromatic heterocycles. The molecule has 2 aliphatic heterocycles. The Morgan fingerprint density at radius 2 is 1.69 bits per heavy atom. The van der Waals surface area contributed by atoms with Crippen LogP contribution < -0.4 is 4.72 Å². The number of nitrogens with one attached hydrogen (secondary N) is 1. The number of nitrogens with zero attached hydrogens (tertiary/aromatic N) is 1. The first-order valence-electron chi connectivity index (χ1n) is 12.3. The molecule has 1 amide bonds. The third kappa shape index (κ3) is 6.18. The number of benzene rings is 2. The number of hydrogen-bond acceptors (Lipinski definition) is 4. The lowest BCUT2D eigenvalue weighted by Crippen LogP contribution is -2.54. The maximum Gasteiger partial charge on any atom is 0.410 e. The van der Waals surface area contributed by atoms with E-state index in [1.807, 2.05) is 56.0 Å². The van der Waals surface area contributed by atoms with Crippen LogP contribution in [0.15, 0.2) is 42.5 Å². The molecule has 5 atom stereocenters. The topological polar surface area (TPSA) is 64.6 Å². The van der Waals surface area contributed by atoms with Gasteiger partial charge in [0.1, 0.15) is 17.2 Å². The average molecular weight is 523 g/mol. The predicted octanol–water partition coefficient (Wildman–Crippen LogP) is 5.65. The second kappa shape index (κ2) is 11.0. The Labute approximate surface area is 213 Å². The monoisotopic (exact) mass is 522 g/mol. The molecular weight excluding hydrogens is 489 g/mol. The molecule has 0 radical (unpaired) electrons. The number of fused-ring (bicyclic) bond motifs is 2. The molecule has 9 heteroatoms. The van der Waals surface area contributed by atoms with E-state index < -0.39 is 39.6 Å². The van der Waals surface area contributed by atoms with Crippen molar-refractivity contribution < 1.29 is 27.3 Å². The maximum absolute atomic E-state index is 14.5. The fourth-order valence-corrected chi connectivity index (χ4v) is 6.12. The summed E-state index contributed by atoms with van der Waals surface area (Å²) < 4.78 is 63.0. The molecule has 196 valence electrons. The summed E-state index contributed by atoms with van der Waals surface area (Å²) in [4.78, 5) is 14.8. The Bertz CT molecular complexity index is 1050. The molecule has 2 saturated heterocycles. The lowest BCUT2D eigenvalue weighted by molar-refractivity contribution is 0.0483. The highest BCUT2D eigenvalue weighted by atomic mass is 32.2. The van der Waals surface area contributed by atoms with Gasteiger partial charge in [-0.1, -0.05) is 30.3 Å². The van der Waals surface area contributed by atoms with Gasteiger partial charge in [0.15, 0.2) is 11.6 Å². The SMILES string of the molecule is CC(C)(C)[S+]([O-])N[C@H](Cc1cc(F)c(F)cc1F)[C@@H]1C[C@H]2CC[C@@H](C1)N2C(=O)OCc1ccccc1. The van der Waals surface area contributed by atoms with Gasteiger partial charge in [-0.05, 0) is 76.0 Å². The maximum atomic E-state index is 14.5. The molecule has 0 spiro atoms. The van der Waals surface area contributed by atoms with Gasteiger partial charge in [-0.25, -0.2) is 18.0 Å². The highest BCUT2D eigenvalue weighted by Gasteiger charge is 2.47.